The molecular weight excluding hydrogens is 236 g/mol. The summed E-state index contributed by atoms with van der Waals surface area (Å²) in [6, 6.07) is 2.20. The van der Waals surface area contributed by atoms with Gasteiger partial charge < -0.3 is 5.32 Å². The third kappa shape index (κ3) is 1.86. The quantitative estimate of drug-likeness (QED) is 0.849. The maximum atomic E-state index is 4.74. The van der Waals surface area contributed by atoms with Gasteiger partial charge in [0.25, 0.3) is 0 Å². The number of aromatic nitrogens is 3. The van der Waals surface area contributed by atoms with E-state index in [4.69, 9.17) is 4.98 Å². The van der Waals surface area contributed by atoms with Gasteiger partial charge in [0.05, 0.1) is 5.69 Å². The van der Waals surface area contributed by atoms with Crippen molar-refractivity contribution in [3.8, 4) is 0 Å². The Kier molecular flexibility index (Phi) is 2.76. The van der Waals surface area contributed by atoms with Gasteiger partial charge in [0.2, 0.25) is 5.78 Å². The number of nitrogens with zero attached hydrogens (tertiary/aromatic N) is 3. The van der Waals surface area contributed by atoms with E-state index >= 15 is 0 Å². The van der Waals surface area contributed by atoms with Crippen molar-refractivity contribution in [2.75, 3.05) is 13.1 Å². The zero-order valence-corrected chi connectivity index (χ0v) is 11.2. The first-order valence-corrected chi connectivity index (χ1v) is 7.49. The van der Waals surface area contributed by atoms with Gasteiger partial charge in [-0.15, -0.1) is 0 Å². The van der Waals surface area contributed by atoms with Crippen LogP contribution in [0.5, 0.6) is 0 Å². The number of nitrogens with one attached hydrogen (secondary N) is 1. The van der Waals surface area contributed by atoms with E-state index in [2.05, 4.69) is 20.8 Å². The van der Waals surface area contributed by atoms with Gasteiger partial charge in [0.15, 0.2) is 0 Å². The summed E-state index contributed by atoms with van der Waals surface area (Å²) >= 11 is 0. The molecule has 0 bridgehead atoms. The smallest absolute Gasteiger partial charge is 0.234 e. The Labute approximate surface area is 113 Å². The first-order chi connectivity index (χ1) is 9.43. The molecule has 0 saturated carbocycles. The maximum Gasteiger partial charge on any atom is 0.234 e. The van der Waals surface area contributed by atoms with Gasteiger partial charge in [-0.05, 0) is 51.1 Å². The number of hydrogen-bond acceptors (Lipinski definition) is 3. The fourth-order valence-electron chi connectivity index (χ4n) is 3.56. The van der Waals surface area contributed by atoms with E-state index in [0.717, 1.165) is 31.7 Å². The van der Waals surface area contributed by atoms with Crippen LogP contribution in [-0.2, 0) is 12.8 Å². The van der Waals surface area contributed by atoms with Gasteiger partial charge >= 0.3 is 0 Å². The number of hydrogen-bond donors (Lipinski definition) is 1. The second-order valence-electron chi connectivity index (χ2n) is 5.76. The average molecular weight is 256 g/mol. The van der Waals surface area contributed by atoms with Crippen LogP contribution in [0.4, 0.5) is 0 Å². The van der Waals surface area contributed by atoms with Gasteiger partial charge in [-0.1, -0.05) is 0 Å². The minimum atomic E-state index is 0.611. The highest BCUT2D eigenvalue weighted by molar-refractivity contribution is 5.40. The molecule has 19 heavy (non-hydrogen) atoms. The third-order valence-corrected chi connectivity index (χ3v) is 4.52. The lowest BCUT2D eigenvalue weighted by molar-refractivity contribution is 0.450. The van der Waals surface area contributed by atoms with Crippen molar-refractivity contribution in [1.82, 2.24) is 19.7 Å². The lowest BCUT2D eigenvalue weighted by atomic mass is 9.95. The summed E-state index contributed by atoms with van der Waals surface area (Å²) in [5.74, 6) is 1.52. The molecule has 3 heterocycles. The predicted octanol–water partition coefficient (Wildman–Crippen LogP) is 2.08. The van der Waals surface area contributed by atoms with E-state index < -0.39 is 0 Å². The van der Waals surface area contributed by atoms with Crippen molar-refractivity contribution in [2.24, 2.45) is 0 Å². The number of imidazole rings is 1. The largest absolute Gasteiger partial charge is 0.316 e. The summed E-state index contributed by atoms with van der Waals surface area (Å²) in [7, 11) is 0. The lowest BCUT2D eigenvalue weighted by Gasteiger charge is -2.24. The van der Waals surface area contributed by atoms with E-state index in [1.165, 1.54) is 42.8 Å². The average Bonchev–Trinajstić information content (AvgIpc) is 2.86. The van der Waals surface area contributed by atoms with Crippen LogP contribution >= 0.6 is 0 Å². The topological polar surface area (TPSA) is 42.2 Å². The van der Waals surface area contributed by atoms with Crippen molar-refractivity contribution in [1.29, 1.82) is 0 Å². The summed E-state index contributed by atoms with van der Waals surface area (Å²) in [6.07, 6.45) is 9.33. The molecule has 1 atom stereocenters. The normalized spacial score (nSPS) is 23.5. The van der Waals surface area contributed by atoms with Gasteiger partial charge in [0.1, 0.15) is 0 Å². The number of piperidine rings is 1. The molecule has 100 valence electrons. The summed E-state index contributed by atoms with van der Waals surface area (Å²) < 4.78 is 2.35. The molecule has 0 spiro atoms. The summed E-state index contributed by atoms with van der Waals surface area (Å²) in [5.41, 5.74) is 4.12. The van der Waals surface area contributed by atoms with Crippen LogP contribution in [0.1, 0.15) is 48.7 Å². The molecule has 1 N–H and O–H groups in total. The van der Waals surface area contributed by atoms with Crippen LogP contribution in [0.2, 0.25) is 0 Å². The fraction of sp³-hybridized carbons (Fsp3) is 0.600. The molecule has 4 heteroatoms. The standard InChI is InChI=1S/C15H20N4/c1-2-6-14-12(5-1)18-15-17-9-7-13(19(14)15)11-4-3-8-16-10-11/h7,9,11,16H,1-6,8,10H2. The molecule has 1 saturated heterocycles. The third-order valence-electron chi connectivity index (χ3n) is 4.52. The highest BCUT2D eigenvalue weighted by Crippen LogP contribution is 2.28. The van der Waals surface area contributed by atoms with Crippen LogP contribution < -0.4 is 5.32 Å². The number of rotatable bonds is 1. The van der Waals surface area contributed by atoms with Crippen LogP contribution in [0.3, 0.4) is 0 Å². The zero-order valence-electron chi connectivity index (χ0n) is 11.2. The Morgan fingerprint density at radius 3 is 3.05 bits per heavy atom. The van der Waals surface area contributed by atoms with E-state index in [-0.39, 0.29) is 0 Å². The molecule has 1 fully saturated rings. The fourth-order valence-corrected chi connectivity index (χ4v) is 3.56. The van der Waals surface area contributed by atoms with Crippen molar-refractivity contribution in [2.45, 2.75) is 44.4 Å². The number of fused-ring (bicyclic) bond motifs is 3. The molecule has 2 aromatic rings. The second-order valence-corrected chi connectivity index (χ2v) is 5.76. The van der Waals surface area contributed by atoms with Gasteiger partial charge in [-0.25, -0.2) is 9.97 Å². The summed E-state index contributed by atoms with van der Waals surface area (Å²) in [4.78, 5) is 9.21. The molecular formula is C15H20N4. The van der Waals surface area contributed by atoms with Crippen molar-refractivity contribution < 1.29 is 0 Å². The van der Waals surface area contributed by atoms with Gasteiger partial charge in [0, 0.05) is 30.0 Å². The predicted molar refractivity (Wildman–Crippen MR) is 74.5 cm³/mol. The zero-order chi connectivity index (χ0) is 12.7. The molecule has 0 amide bonds. The molecule has 1 aliphatic carbocycles. The lowest BCUT2D eigenvalue weighted by Crippen LogP contribution is -2.29. The van der Waals surface area contributed by atoms with E-state index in [1.807, 2.05) is 6.20 Å². The van der Waals surface area contributed by atoms with Crippen LogP contribution in [0, 0.1) is 0 Å². The Morgan fingerprint density at radius 2 is 2.16 bits per heavy atom. The van der Waals surface area contributed by atoms with Crippen LogP contribution in [0.25, 0.3) is 5.78 Å². The first-order valence-electron chi connectivity index (χ1n) is 7.49. The molecule has 4 nitrogen and oxygen atoms in total. The Balaban J connectivity index is 1.87. The Morgan fingerprint density at radius 1 is 1.21 bits per heavy atom. The van der Waals surface area contributed by atoms with Gasteiger partial charge in [-0.2, -0.15) is 0 Å². The monoisotopic (exact) mass is 256 g/mol. The molecule has 1 unspecified atom stereocenters. The van der Waals surface area contributed by atoms with Crippen LogP contribution in [0.15, 0.2) is 12.3 Å². The van der Waals surface area contributed by atoms with Crippen molar-refractivity contribution in [3.63, 3.8) is 0 Å². The van der Waals surface area contributed by atoms with Crippen molar-refractivity contribution >= 4 is 5.78 Å². The summed E-state index contributed by atoms with van der Waals surface area (Å²) in [6.45, 7) is 2.25. The SMILES string of the molecule is c1cc(C2CCCNC2)n2c3c(nc2n1)CCCC3. The minimum absolute atomic E-state index is 0.611. The highest BCUT2D eigenvalue weighted by Gasteiger charge is 2.23. The maximum absolute atomic E-state index is 4.74. The van der Waals surface area contributed by atoms with Crippen LogP contribution in [-0.4, -0.2) is 27.5 Å². The summed E-state index contributed by atoms with van der Waals surface area (Å²) in [5, 5.41) is 3.52. The Hall–Kier alpha value is -1.42. The molecule has 4 rings (SSSR count). The minimum Gasteiger partial charge on any atom is -0.316 e. The van der Waals surface area contributed by atoms with E-state index in [0.29, 0.717) is 5.92 Å². The van der Waals surface area contributed by atoms with Crippen molar-refractivity contribution in [3.05, 3.63) is 29.3 Å². The number of aryl methyl sites for hydroxylation is 2. The molecule has 2 aromatic heterocycles. The molecule has 0 aromatic carbocycles. The Bertz CT molecular complexity index is 595. The van der Waals surface area contributed by atoms with E-state index in [9.17, 15) is 0 Å². The molecule has 2 aliphatic rings. The first kappa shape index (κ1) is 11.4. The molecule has 1 aliphatic heterocycles. The van der Waals surface area contributed by atoms with Gasteiger partial charge in [-0.3, -0.25) is 4.40 Å². The van der Waals surface area contributed by atoms with E-state index in [1.54, 1.807) is 0 Å². The second kappa shape index (κ2) is 4.60. The highest BCUT2D eigenvalue weighted by atomic mass is 15.1. The molecule has 0 radical (unpaired) electrons.